The minimum Gasteiger partial charge on any atom is -0.339 e. The number of benzene rings is 1. The van der Waals surface area contributed by atoms with E-state index in [-0.39, 0.29) is 17.8 Å². The molecule has 2 aromatic rings. The van der Waals surface area contributed by atoms with E-state index >= 15 is 0 Å². The van der Waals surface area contributed by atoms with Gasteiger partial charge in [-0.3, -0.25) is 0 Å². The van der Waals surface area contributed by atoms with Crippen molar-refractivity contribution in [1.82, 2.24) is 15.5 Å². The first-order chi connectivity index (χ1) is 9.15. The highest BCUT2D eigenvalue weighted by Gasteiger charge is 2.22. The molecule has 4 nitrogen and oxygen atoms in total. The number of aromatic nitrogens is 2. The lowest BCUT2D eigenvalue weighted by Crippen LogP contribution is -2.28. The Kier molecular flexibility index (Phi) is 4.27. The second-order valence-corrected chi connectivity index (χ2v) is 4.56. The Morgan fingerprint density at radius 1 is 1.32 bits per heavy atom. The largest absolute Gasteiger partial charge is 0.339 e. The van der Waals surface area contributed by atoms with Crippen molar-refractivity contribution in [2.45, 2.75) is 32.2 Å². The van der Waals surface area contributed by atoms with Gasteiger partial charge >= 0.3 is 0 Å². The lowest BCUT2D eigenvalue weighted by Gasteiger charge is -2.17. The smallest absolute Gasteiger partial charge is 0.231 e. The van der Waals surface area contributed by atoms with Gasteiger partial charge in [0, 0.05) is 11.6 Å². The predicted molar refractivity (Wildman–Crippen MR) is 71.2 cm³/mol. The first kappa shape index (κ1) is 13.7. The summed E-state index contributed by atoms with van der Waals surface area (Å²) in [5, 5.41) is 7.16. The predicted octanol–water partition coefficient (Wildman–Crippen LogP) is 2.98. The molecule has 5 heteroatoms. The van der Waals surface area contributed by atoms with Crippen molar-refractivity contribution < 1.29 is 8.91 Å². The van der Waals surface area contributed by atoms with Gasteiger partial charge < -0.3 is 9.84 Å². The van der Waals surface area contributed by atoms with E-state index in [1.165, 1.54) is 12.1 Å². The Morgan fingerprint density at radius 3 is 2.58 bits per heavy atom. The topological polar surface area (TPSA) is 51.0 Å². The van der Waals surface area contributed by atoms with E-state index in [0.717, 1.165) is 12.0 Å². The third-order valence-electron chi connectivity index (χ3n) is 3.36. The summed E-state index contributed by atoms with van der Waals surface area (Å²) in [6.07, 6.45) is 0.910. The summed E-state index contributed by atoms with van der Waals surface area (Å²) < 4.78 is 18.2. The summed E-state index contributed by atoms with van der Waals surface area (Å²) in [6, 6.07) is 6.32. The maximum atomic E-state index is 12.9. The second kappa shape index (κ2) is 5.93. The molecule has 0 saturated heterocycles. The second-order valence-electron chi connectivity index (χ2n) is 4.56. The van der Waals surface area contributed by atoms with Gasteiger partial charge in [0.2, 0.25) is 11.7 Å². The third kappa shape index (κ3) is 2.98. The maximum absolute atomic E-state index is 12.9. The highest BCUT2D eigenvalue weighted by atomic mass is 19.1. The number of hydrogen-bond donors (Lipinski definition) is 1. The van der Waals surface area contributed by atoms with Crippen molar-refractivity contribution in [3.8, 4) is 11.4 Å². The van der Waals surface area contributed by atoms with E-state index in [2.05, 4.69) is 29.3 Å². The highest BCUT2D eigenvalue weighted by molar-refractivity contribution is 5.53. The molecule has 2 atom stereocenters. The third-order valence-corrected chi connectivity index (χ3v) is 3.36. The van der Waals surface area contributed by atoms with Crippen LogP contribution in [0, 0.1) is 5.82 Å². The normalized spacial score (nSPS) is 14.3. The van der Waals surface area contributed by atoms with Crippen LogP contribution < -0.4 is 5.32 Å². The van der Waals surface area contributed by atoms with Crippen LogP contribution in [0.3, 0.4) is 0 Å². The van der Waals surface area contributed by atoms with Crippen molar-refractivity contribution in [2.75, 3.05) is 7.05 Å². The van der Waals surface area contributed by atoms with Crippen LogP contribution in [0.15, 0.2) is 28.8 Å². The molecule has 0 bridgehead atoms. The molecule has 1 aromatic carbocycles. The lowest BCUT2D eigenvalue weighted by atomic mass is 9.98. The Labute approximate surface area is 112 Å². The molecule has 0 aliphatic heterocycles. The molecular weight excluding hydrogens is 245 g/mol. The van der Waals surface area contributed by atoms with Gasteiger partial charge in [-0.25, -0.2) is 4.39 Å². The Balaban J connectivity index is 2.25. The molecule has 0 spiro atoms. The molecule has 1 N–H and O–H groups in total. The van der Waals surface area contributed by atoms with E-state index in [1.54, 1.807) is 12.1 Å². The number of rotatable bonds is 5. The Bertz CT molecular complexity index is 524. The Morgan fingerprint density at radius 2 is 2.00 bits per heavy atom. The molecule has 0 radical (unpaired) electrons. The number of likely N-dealkylation sites (N-methyl/N-ethyl adjacent to an activating group) is 1. The van der Waals surface area contributed by atoms with Crippen molar-refractivity contribution in [3.63, 3.8) is 0 Å². The van der Waals surface area contributed by atoms with Crippen LogP contribution in [0.1, 0.15) is 32.1 Å². The lowest BCUT2D eigenvalue weighted by molar-refractivity contribution is 0.322. The highest BCUT2D eigenvalue weighted by Crippen LogP contribution is 2.24. The first-order valence-corrected chi connectivity index (χ1v) is 6.42. The van der Waals surface area contributed by atoms with E-state index in [9.17, 15) is 4.39 Å². The minimum absolute atomic E-state index is 0.173. The fourth-order valence-corrected chi connectivity index (χ4v) is 2.05. The van der Waals surface area contributed by atoms with Gasteiger partial charge in [0.1, 0.15) is 5.82 Å². The van der Waals surface area contributed by atoms with Crippen molar-refractivity contribution >= 4 is 0 Å². The number of halogens is 1. The molecule has 19 heavy (non-hydrogen) atoms. The summed E-state index contributed by atoms with van der Waals surface area (Å²) in [6.45, 7) is 4.16. The van der Waals surface area contributed by atoms with Crippen LogP contribution in [0.2, 0.25) is 0 Å². The maximum Gasteiger partial charge on any atom is 0.231 e. The fraction of sp³-hybridized carbons (Fsp3) is 0.429. The van der Waals surface area contributed by atoms with Gasteiger partial charge in [-0.05, 0) is 44.7 Å². The van der Waals surface area contributed by atoms with Crippen LogP contribution in [0.5, 0.6) is 0 Å². The van der Waals surface area contributed by atoms with Crippen molar-refractivity contribution in [1.29, 1.82) is 0 Å². The Hall–Kier alpha value is -1.75. The average molecular weight is 263 g/mol. The van der Waals surface area contributed by atoms with Gasteiger partial charge in [0.25, 0.3) is 0 Å². The first-order valence-electron chi connectivity index (χ1n) is 6.42. The molecular formula is C14H18FN3O. The van der Waals surface area contributed by atoms with Crippen LogP contribution in [0.25, 0.3) is 11.4 Å². The number of nitrogens with one attached hydrogen (secondary N) is 1. The molecule has 0 saturated carbocycles. The number of hydrogen-bond acceptors (Lipinski definition) is 4. The van der Waals surface area contributed by atoms with Gasteiger partial charge in [-0.15, -0.1) is 0 Å². The molecule has 0 fully saturated rings. The fourth-order valence-electron chi connectivity index (χ4n) is 2.05. The van der Waals surface area contributed by atoms with E-state index < -0.39 is 0 Å². The van der Waals surface area contributed by atoms with Gasteiger partial charge in [0.05, 0.1) is 5.92 Å². The van der Waals surface area contributed by atoms with E-state index in [1.807, 2.05) is 7.05 Å². The van der Waals surface area contributed by atoms with Gasteiger partial charge in [-0.1, -0.05) is 12.1 Å². The van der Waals surface area contributed by atoms with Crippen LogP contribution in [0.4, 0.5) is 4.39 Å². The molecule has 0 aliphatic rings. The van der Waals surface area contributed by atoms with Crippen LogP contribution in [-0.2, 0) is 0 Å². The molecule has 1 aromatic heterocycles. The minimum atomic E-state index is -0.275. The molecule has 0 amide bonds. The number of nitrogens with zero attached hydrogens (tertiary/aromatic N) is 2. The standard InChI is InChI=1S/C14H18FN3O/c1-4-12(9(2)16-3)14-17-13(18-19-14)10-5-7-11(15)8-6-10/h5-9,12,16H,4H2,1-3H3. The summed E-state index contributed by atoms with van der Waals surface area (Å²) in [5.74, 6) is 1.01. The van der Waals surface area contributed by atoms with Crippen LogP contribution in [-0.4, -0.2) is 23.2 Å². The average Bonchev–Trinajstić information content (AvgIpc) is 2.89. The van der Waals surface area contributed by atoms with Crippen molar-refractivity contribution in [3.05, 3.63) is 36.0 Å². The zero-order chi connectivity index (χ0) is 13.8. The quantitative estimate of drug-likeness (QED) is 0.901. The zero-order valence-corrected chi connectivity index (χ0v) is 11.4. The van der Waals surface area contributed by atoms with E-state index in [0.29, 0.717) is 11.7 Å². The monoisotopic (exact) mass is 263 g/mol. The molecule has 1 heterocycles. The molecule has 2 unspecified atom stereocenters. The molecule has 102 valence electrons. The summed E-state index contributed by atoms with van der Waals surface area (Å²) in [7, 11) is 1.91. The van der Waals surface area contributed by atoms with Gasteiger partial charge in [0.15, 0.2) is 0 Å². The summed E-state index contributed by atoms with van der Waals surface area (Å²) >= 11 is 0. The van der Waals surface area contributed by atoms with Crippen LogP contribution >= 0.6 is 0 Å². The SMILES string of the molecule is CCC(c1nc(-c2ccc(F)cc2)no1)C(C)NC. The van der Waals surface area contributed by atoms with Crippen molar-refractivity contribution in [2.24, 2.45) is 0 Å². The summed E-state index contributed by atoms with van der Waals surface area (Å²) in [4.78, 5) is 4.41. The molecule has 0 aliphatic carbocycles. The zero-order valence-electron chi connectivity index (χ0n) is 11.4. The summed E-state index contributed by atoms with van der Waals surface area (Å²) in [5.41, 5.74) is 0.753. The van der Waals surface area contributed by atoms with E-state index in [4.69, 9.17) is 4.52 Å². The molecule has 2 rings (SSSR count). The van der Waals surface area contributed by atoms with Gasteiger partial charge in [-0.2, -0.15) is 4.98 Å².